The predicted molar refractivity (Wildman–Crippen MR) is 143 cm³/mol. The quantitative estimate of drug-likeness (QED) is 0.290. The highest BCUT2D eigenvalue weighted by molar-refractivity contribution is 7.89. The summed E-state index contributed by atoms with van der Waals surface area (Å²) in [6.45, 7) is 2.98. The highest BCUT2D eigenvalue weighted by Gasteiger charge is 2.21. The first-order valence-electron chi connectivity index (χ1n) is 11.5. The zero-order valence-corrected chi connectivity index (χ0v) is 21.7. The number of hydrogen-bond acceptors (Lipinski definition) is 6. The number of rotatable bonds is 10. The van der Waals surface area contributed by atoms with Gasteiger partial charge in [-0.2, -0.15) is 4.31 Å². The van der Waals surface area contributed by atoms with Gasteiger partial charge in [-0.1, -0.05) is 37.3 Å². The summed E-state index contributed by atoms with van der Waals surface area (Å²) in [4.78, 5) is 17.3. The molecule has 7 nitrogen and oxygen atoms in total. The standard InChI is InChI=1S/C27H27N3O4S2/c1-3-17-34-23-13-9-21(10-14-23)25-19-35-27(28-25)29-26(31)22-11-15-24(16-12-22)36(32,33)30(2)18-20-7-5-4-6-8-20/h4-16,19H,3,17-18H2,1-2H3,(H,28,29,31). The van der Waals surface area contributed by atoms with E-state index < -0.39 is 10.0 Å². The summed E-state index contributed by atoms with van der Waals surface area (Å²) >= 11 is 1.32. The third-order valence-corrected chi connectivity index (χ3v) is 8.00. The molecule has 1 heterocycles. The Morgan fingerprint density at radius 3 is 2.36 bits per heavy atom. The molecule has 36 heavy (non-hydrogen) atoms. The minimum atomic E-state index is -3.69. The van der Waals surface area contributed by atoms with Gasteiger partial charge in [-0.25, -0.2) is 13.4 Å². The van der Waals surface area contributed by atoms with Crippen molar-refractivity contribution >= 4 is 32.4 Å². The van der Waals surface area contributed by atoms with Crippen molar-refractivity contribution in [2.45, 2.75) is 24.8 Å². The van der Waals surface area contributed by atoms with Crippen LogP contribution >= 0.6 is 11.3 Å². The minimum Gasteiger partial charge on any atom is -0.494 e. The number of carbonyl (C=O) groups is 1. The van der Waals surface area contributed by atoms with Crippen molar-refractivity contribution in [1.29, 1.82) is 0 Å². The van der Waals surface area contributed by atoms with E-state index in [1.54, 1.807) is 0 Å². The zero-order chi connectivity index (χ0) is 25.5. The van der Waals surface area contributed by atoms with E-state index in [4.69, 9.17) is 4.74 Å². The Labute approximate surface area is 215 Å². The van der Waals surface area contributed by atoms with Crippen LogP contribution in [0.4, 0.5) is 5.13 Å². The van der Waals surface area contributed by atoms with Gasteiger partial charge in [0.15, 0.2) is 5.13 Å². The maximum absolute atomic E-state index is 12.9. The van der Waals surface area contributed by atoms with E-state index in [2.05, 4.69) is 17.2 Å². The number of hydrogen-bond donors (Lipinski definition) is 1. The second-order valence-electron chi connectivity index (χ2n) is 8.14. The number of nitrogens with one attached hydrogen (secondary N) is 1. The zero-order valence-electron chi connectivity index (χ0n) is 20.0. The van der Waals surface area contributed by atoms with Crippen LogP contribution in [0.2, 0.25) is 0 Å². The number of benzene rings is 3. The Morgan fingerprint density at radius 2 is 1.69 bits per heavy atom. The third-order valence-electron chi connectivity index (χ3n) is 5.42. The van der Waals surface area contributed by atoms with Gasteiger partial charge in [0.25, 0.3) is 5.91 Å². The molecule has 0 aliphatic carbocycles. The molecule has 0 bridgehead atoms. The largest absolute Gasteiger partial charge is 0.494 e. The smallest absolute Gasteiger partial charge is 0.257 e. The van der Waals surface area contributed by atoms with E-state index in [1.807, 2.05) is 60.0 Å². The molecule has 4 rings (SSSR count). The van der Waals surface area contributed by atoms with Crippen molar-refractivity contribution in [3.63, 3.8) is 0 Å². The molecule has 0 saturated carbocycles. The van der Waals surface area contributed by atoms with E-state index >= 15 is 0 Å². The summed E-state index contributed by atoms with van der Waals surface area (Å²) in [5.74, 6) is 0.446. The van der Waals surface area contributed by atoms with E-state index in [9.17, 15) is 13.2 Å². The number of amides is 1. The molecular weight excluding hydrogens is 494 g/mol. The van der Waals surface area contributed by atoms with E-state index in [1.165, 1.54) is 47.0 Å². The Balaban J connectivity index is 1.39. The van der Waals surface area contributed by atoms with Gasteiger partial charge >= 0.3 is 0 Å². The maximum atomic E-state index is 12.9. The molecule has 1 amide bonds. The lowest BCUT2D eigenvalue weighted by Gasteiger charge is -2.17. The van der Waals surface area contributed by atoms with Crippen LogP contribution in [0.5, 0.6) is 5.75 Å². The van der Waals surface area contributed by atoms with Crippen LogP contribution in [0, 0.1) is 0 Å². The molecule has 1 N–H and O–H groups in total. The van der Waals surface area contributed by atoms with Gasteiger partial charge in [0.1, 0.15) is 5.75 Å². The summed E-state index contributed by atoms with van der Waals surface area (Å²) in [5.41, 5.74) is 2.90. The van der Waals surface area contributed by atoms with Crippen LogP contribution in [-0.4, -0.2) is 37.3 Å². The van der Waals surface area contributed by atoms with Gasteiger partial charge in [-0.3, -0.25) is 10.1 Å². The Kier molecular flexibility index (Phi) is 8.14. The van der Waals surface area contributed by atoms with Crippen LogP contribution in [0.1, 0.15) is 29.3 Å². The van der Waals surface area contributed by atoms with E-state index in [-0.39, 0.29) is 17.3 Å². The van der Waals surface area contributed by atoms with Crippen LogP contribution in [-0.2, 0) is 16.6 Å². The number of nitrogens with zero attached hydrogens (tertiary/aromatic N) is 2. The second kappa shape index (κ2) is 11.5. The number of ether oxygens (including phenoxy) is 1. The maximum Gasteiger partial charge on any atom is 0.257 e. The van der Waals surface area contributed by atoms with E-state index in [0.717, 1.165) is 29.0 Å². The molecule has 0 atom stereocenters. The minimum absolute atomic E-state index is 0.125. The number of sulfonamides is 1. The van der Waals surface area contributed by atoms with Crippen molar-refractivity contribution in [3.8, 4) is 17.0 Å². The molecular formula is C27H27N3O4S2. The monoisotopic (exact) mass is 521 g/mol. The Morgan fingerprint density at radius 1 is 1.00 bits per heavy atom. The lowest BCUT2D eigenvalue weighted by molar-refractivity contribution is 0.102. The highest BCUT2D eigenvalue weighted by atomic mass is 32.2. The predicted octanol–water partition coefficient (Wildman–Crippen LogP) is 5.67. The molecule has 0 fully saturated rings. The average molecular weight is 522 g/mol. The fourth-order valence-electron chi connectivity index (χ4n) is 3.46. The normalized spacial score (nSPS) is 11.4. The van der Waals surface area contributed by atoms with E-state index in [0.29, 0.717) is 17.3 Å². The molecule has 4 aromatic rings. The fourth-order valence-corrected chi connectivity index (χ4v) is 5.33. The van der Waals surface area contributed by atoms with Crippen molar-refractivity contribution in [1.82, 2.24) is 9.29 Å². The summed E-state index contributed by atoms with van der Waals surface area (Å²) < 4.78 is 32.8. The fraction of sp³-hybridized carbons (Fsp3) is 0.185. The molecule has 186 valence electrons. The molecule has 3 aromatic carbocycles. The second-order valence-corrected chi connectivity index (χ2v) is 11.0. The number of thiazole rings is 1. The molecule has 9 heteroatoms. The third kappa shape index (κ3) is 6.17. The first-order chi connectivity index (χ1) is 17.4. The Bertz CT molecular complexity index is 1400. The van der Waals surface area contributed by atoms with Crippen LogP contribution < -0.4 is 10.1 Å². The van der Waals surface area contributed by atoms with Crippen LogP contribution in [0.15, 0.2) is 89.1 Å². The van der Waals surface area contributed by atoms with Crippen molar-refractivity contribution in [2.24, 2.45) is 0 Å². The number of carbonyl (C=O) groups excluding carboxylic acids is 1. The number of anilines is 1. The molecule has 0 radical (unpaired) electrons. The van der Waals surface area contributed by atoms with Crippen molar-refractivity contribution in [3.05, 3.63) is 95.4 Å². The molecule has 1 aromatic heterocycles. The van der Waals surface area contributed by atoms with Gasteiger partial charge in [0, 0.05) is 30.1 Å². The molecule has 0 aliphatic rings. The Hall–Kier alpha value is -3.53. The first-order valence-corrected chi connectivity index (χ1v) is 13.8. The van der Waals surface area contributed by atoms with Gasteiger partial charge in [-0.15, -0.1) is 11.3 Å². The lowest BCUT2D eigenvalue weighted by Crippen LogP contribution is -2.26. The SMILES string of the molecule is CCCOc1ccc(-c2csc(NC(=O)c3ccc(S(=O)(=O)N(C)Cc4ccccc4)cc3)n2)cc1. The topological polar surface area (TPSA) is 88.6 Å². The highest BCUT2D eigenvalue weighted by Crippen LogP contribution is 2.27. The molecule has 0 aliphatic heterocycles. The number of aromatic nitrogens is 1. The van der Waals surface area contributed by atoms with Crippen LogP contribution in [0.25, 0.3) is 11.3 Å². The summed E-state index contributed by atoms with van der Waals surface area (Å²) in [6.07, 6.45) is 0.945. The summed E-state index contributed by atoms with van der Waals surface area (Å²) in [5, 5.41) is 5.11. The van der Waals surface area contributed by atoms with Crippen molar-refractivity contribution < 1.29 is 17.9 Å². The van der Waals surface area contributed by atoms with Crippen molar-refractivity contribution in [2.75, 3.05) is 19.0 Å². The van der Waals surface area contributed by atoms with Gasteiger partial charge in [0.05, 0.1) is 17.2 Å². The summed E-state index contributed by atoms with van der Waals surface area (Å²) in [6, 6.07) is 22.9. The van der Waals surface area contributed by atoms with Gasteiger partial charge < -0.3 is 4.74 Å². The van der Waals surface area contributed by atoms with Crippen LogP contribution in [0.3, 0.4) is 0 Å². The first kappa shape index (κ1) is 25.6. The summed E-state index contributed by atoms with van der Waals surface area (Å²) in [7, 11) is -2.16. The lowest BCUT2D eigenvalue weighted by atomic mass is 10.2. The molecule has 0 saturated heterocycles. The van der Waals surface area contributed by atoms with Gasteiger partial charge in [-0.05, 0) is 60.5 Å². The molecule has 0 spiro atoms. The average Bonchev–Trinajstić information content (AvgIpc) is 3.36. The molecule has 0 unspecified atom stereocenters. The van der Waals surface area contributed by atoms with Gasteiger partial charge in [0.2, 0.25) is 10.0 Å².